The topological polar surface area (TPSA) is 50.4 Å². The zero-order valence-corrected chi connectivity index (χ0v) is 15.5. The van der Waals surface area contributed by atoms with Crippen molar-refractivity contribution < 1.29 is 13.9 Å². The molecule has 1 fully saturated rings. The number of benzene rings is 2. The quantitative estimate of drug-likeness (QED) is 0.821. The van der Waals surface area contributed by atoms with E-state index in [9.17, 15) is 9.18 Å². The molecule has 1 saturated heterocycles. The number of rotatable bonds is 5. The summed E-state index contributed by atoms with van der Waals surface area (Å²) in [5.74, 6) is 0.271. The predicted octanol–water partition coefficient (Wildman–Crippen LogP) is 4.15. The van der Waals surface area contributed by atoms with Gasteiger partial charge in [-0.05, 0) is 56.1 Å². The first-order valence-electron chi connectivity index (χ1n) is 8.62. The number of ether oxygens (including phenoxy) is 1. The van der Waals surface area contributed by atoms with Crippen LogP contribution in [0.25, 0.3) is 0 Å². The van der Waals surface area contributed by atoms with E-state index in [2.05, 4.69) is 17.6 Å². The van der Waals surface area contributed by atoms with Crippen molar-refractivity contribution in [3.63, 3.8) is 0 Å². The summed E-state index contributed by atoms with van der Waals surface area (Å²) in [7, 11) is 0. The second-order valence-electron chi connectivity index (χ2n) is 6.51. The average molecular weight is 379 g/mol. The van der Waals surface area contributed by atoms with E-state index >= 15 is 0 Å². The van der Waals surface area contributed by atoms with Crippen molar-refractivity contribution >= 4 is 24.0 Å². The first-order valence-corrected chi connectivity index (χ1v) is 8.62. The Bertz CT molecular complexity index is 741. The minimum atomic E-state index is -0.324. The van der Waals surface area contributed by atoms with Gasteiger partial charge in [0.15, 0.2) is 0 Å². The molecule has 2 aromatic carbocycles. The highest BCUT2D eigenvalue weighted by atomic mass is 35.5. The van der Waals surface area contributed by atoms with Crippen LogP contribution in [0.1, 0.15) is 25.3 Å². The van der Waals surface area contributed by atoms with Crippen LogP contribution in [0.15, 0.2) is 48.5 Å². The lowest BCUT2D eigenvalue weighted by molar-refractivity contribution is -0.120. The SMILES string of the molecule is C[C@H]1C[C@@H](C(=O)Nc2cccc(COc3cccc(F)c3)c2)CCN1.Cl. The van der Waals surface area contributed by atoms with Crippen LogP contribution in [0.5, 0.6) is 5.75 Å². The van der Waals surface area contributed by atoms with Crippen LogP contribution in [0.4, 0.5) is 10.1 Å². The standard InChI is InChI=1S/C20H23FN2O2.ClH/c1-14-10-16(8-9-22-14)20(24)23-18-6-2-4-15(11-18)13-25-19-7-3-5-17(21)12-19;/h2-7,11-12,14,16,22H,8-10,13H2,1H3,(H,23,24);1H/t14-,16-;/m0./s1. The molecule has 0 spiro atoms. The van der Waals surface area contributed by atoms with E-state index in [1.165, 1.54) is 12.1 Å². The third-order valence-electron chi connectivity index (χ3n) is 4.39. The molecule has 26 heavy (non-hydrogen) atoms. The van der Waals surface area contributed by atoms with Gasteiger partial charge in [0.25, 0.3) is 0 Å². The molecule has 1 amide bonds. The van der Waals surface area contributed by atoms with Gasteiger partial charge in [-0.3, -0.25) is 4.79 Å². The molecule has 4 nitrogen and oxygen atoms in total. The molecule has 0 bridgehead atoms. The van der Waals surface area contributed by atoms with Gasteiger partial charge in [-0.2, -0.15) is 0 Å². The normalized spacial score (nSPS) is 19.3. The Balaban J connectivity index is 0.00000243. The Morgan fingerprint density at radius 3 is 2.85 bits per heavy atom. The molecule has 2 aromatic rings. The van der Waals surface area contributed by atoms with Gasteiger partial charge in [0.05, 0.1) is 0 Å². The van der Waals surface area contributed by atoms with Crippen molar-refractivity contribution in [2.24, 2.45) is 5.92 Å². The van der Waals surface area contributed by atoms with Crippen LogP contribution in [-0.4, -0.2) is 18.5 Å². The van der Waals surface area contributed by atoms with Crippen LogP contribution < -0.4 is 15.4 Å². The highest BCUT2D eigenvalue weighted by Crippen LogP contribution is 2.20. The molecule has 0 saturated carbocycles. The monoisotopic (exact) mass is 378 g/mol. The van der Waals surface area contributed by atoms with Crippen molar-refractivity contribution in [3.05, 3.63) is 59.9 Å². The molecule has 1 aliphatic rings. The van der Waals surface area contributed by atoms with Crippen molar-refractivity contribution in [1.29, 1.82) is 0 Å². The van der Waals surface area contributed by atoms with Gasteiger partial charge >= 0.3 is 0 Å². The minimum absolute atomic E-state index is 0. The van der Waals surface area contributed by atoms with Crippen LogP contribution in [0, 0.1) is 11.7 Å². The maximum Gasteiger partial charge on any atom is 0.227 e. The third kappa shape index (κ3) is 5.71. The van der Waals surface area contributed by atoms with E-state index in [4.69, 9.17) is 4.74 Å². The second kappa shape index (κ2) is 9.55. The highest BCUT2D eigenvalue weighted by Gasteiger charge is 2.24. The molecule has 0 radical (unpaired) electrons. The second-order valence-corrected chi connectivity index (χ2v) is 6.51. The summed E-state index contributed by atoms with van der Waals surface area (Å²) in [5.41, 5.74) is 1.68. The van der Waals surface area contributed by atoms with Crippen molar-refractivity contribution in [2.45, 2.75) is 32.4 Å². The summed E-state index contributed by atoms with van der Waals surface area (Å²) in [5, 5.41) is 6.35. The Morgan fingerprint density at radius 2 is 2.08 bits per heavy atom. The van der Waals surface area contributed by atoms with Gasteiger partial charge in [0.2, 0.25) is 5.91 Å². The number of carbonyl (C=O) groups excluding carboxylic acids is 1. The molecule has 1 heterocycles. The van der Waals surface area contributed by atoms with E-state index in [1.807, 2.05) is 24.3 Å². The summed E-state index contributed by atoms with van der Waals surface area (Å²) >= 11 is 0. The third-order valence-corrected chi connectivity index (χ3v) is 4.39. The number of amides is 1. The smallest absolute Gasteiger partial charge is 0.227 e. The van der Waals surface area contributed by atoms with E-state index < -0.39 is 0 Å². The van der Waals surface area contributed by atoms with Crippen LogP contribution in [0.3, 0.4) is 0 Å². The van der Waals surface area contributed by atoms with Crippen molar-refractivity contribution in [1.82, 2.24) is 5.32 Å². The summed E-state index contributed by atoms with van der Waals surface area (Å²) < 4.78 is 18.8. The minimum Gasteiger partial charge on any atom is -0.489 e. The van der Waals surface area contributed by atoms with Gasteiger partial charge in [-0.25, -0.2) is 4.39 Å². The van der Waals surface area contributed by atoms with Crippen LogP contribution >= 0.6 is 12.4 Å². The Morgan fingerprint density at radius 1 is 1.27 bits per heavy atom. The lowest BCUT2D eigenvalue weighted by Crippen LogP contribution is -2.40. The number of nitrogens with one attached hydrogen (secondary N) is 2. The van der Waals surface area contributed by atoms with Crippen molar-refractivity contribution in [2.75, 3.05) is 11.9 Å². The number of piperidine rings is 1. The summed E-state index contributed by atoms with van der Waals surface area (Å²) in [4.78, 5) is 12.4. The van der Waals surface area contributed by atoms with Gasteiger partial charge < -0.3 is 15.4 Å². The largest absolute Gasteiger partial charge is 0.489 e. The molecule has 140 valence electrons. The van der Waals surface area contributed by atoms with Crippen molar-refractivity contribution in [3.8, 4) is 5.75 Å². The van der Waals surface area contributed by atoms with E-state index in [1.54, 1.807) is 12.1 Å². The number of anilines is 1. The van der Waals surface area contributed by atoms with E-state index in [0.29, 0.717) is 18.4 Å². The lowest BCUT2D eigenvalue weighted by Gasteiger charge is -2.27. The molecule has 2 atom stereocenters. The van der Waals surface area contributed by atoms with Gasteiger partial charge in [-0.1, -0.05) is 18.2 Å². The maximum atomic E-state index is 13.2. The fourth-order valence-electron chi connectivity index (χ4n) is 3.08. The molecular formula is C20H24ClFN2O2. The van der Waals surface area contributed by atoms with E-state index in [-0.39, 0.29) is 30.0 Å². The summed E-state index contributed by atoms with van der Waals surface area (Å²) in [6, 6.07) is 14.0. The molecule has 3 rings (SSSR count). The number of hydrogen-bond acceptors (Lipinski definition) is 3. The molecule has 6 heteroatoms. The Kier molecular flexibility index (Phi) is 7.42. The molecular weight excluding hydrogens is 355 g/mol. The fourth-order valence-corrected chi connectivity index (χ4v) is 3.08. The average Bonchev–Trinajstić information content (AvgIpc) is 2.60. The molecule has 2 N–H and O–H groups in total. The lowest BCUT2D eigenvalue weighted by atomic mass is 9.92. The van der Waals surface area contributed by atoms with Gasteiger partial charge in [-0.15, -0.1) is 12.4 Å². The van der Waals surface area contributed by atoms with Gasteiger partial charge in [0, 0.05) is 23.7 Å². The highest BCUT2D eigenvalue weighted by molar-refractivity contribution is 5.92. The first-order chi connectivity index (χ1) is 12.1. The predicted molar refractivity (Wildman–Crippen MR) is 103 cm³/mol. The fraction of sp³-hybridized carbons (Fsp3) is 0.350. The molecule has 1 aliphatic heterocycles. The van der Waals surface area contributed by atoms with E-state index in [0.717, 1.165) is 30.6 Å². The van der Waals surface area contributed by atoms with Crippen LogP contribution in [0.2, 0.25) is 0 Å². The summed E-state index contributed by atoms with van der Waals surface area (Å²) in [6.07, 6.45) is 1.72. The zero-order chi connectivity index (χ0) is 17.6. The Hall–Kier alpha value is -2.11. The van der Waals surface area contributed by atoms with Crippen LogP contribution in [-0.2, 0) is 11.4 Å². The molecule has 0 aromatic heterocycles. The summed E-state index contributed by atoms with van der Waals surface area (Å²) in [6.45, 7) is 3.29. The number of halogens is 2. The number of hydrogen-bond donors (Lipinski definition) is 2. The Labute approximate surface area is 159 Å². The van der Waals surface area contributed by atoms with Gasteiger partial charge in [0.1, 0.15) is 18.2 Å². The number of carbonyl (C=O) groups is 1. The molecule has 0 unspecified atom stereocenters. The first kappa shape index (κ1) is 20.2. The molecule has 0 aliphatic carbocycles. The maximum absolute atomic E-state index is 13.2. The zero-order valence-electron chi connectivity index (χ0n) is 14.7.